The molecule has 150 valence electrons. The van der Waals surface area contributed by atoms with E-state index in [1.54, 1.807) is 67.6 Å². The van der Waals surface area contributed by atoms with Crippen LogP contribution in [0.25, 0.3) is 6.08 Å². The molecule has 4 nitrogen and oxygen atoms in total. The van der Waals surface area contributed by atoms with Gasteiger partial charge in [-0.05, 0) is 42.3 Å². The lowest BCUT2D eigenvalue weighted by molar-refractivity contribution is -0.134. The van der Waals surface area contributed by atoms with Crippen molar-refractivity contribution in [3.05, 3.63) is 99.8 Å². The van der Waals surface area contributed by atoms with Gasteiger partial charge < -0.3 is 9.47 Å². The molecule has 1 aliphatic heterocycles. The van der Waals surface area contributed by atoms with Gasteiger partial charge in [-0.2, -0.15) is 0 Å². The molecule has 0 fully saturated rings. The number of hydrogen-bond donors (Lipinski definition) is 0. The minimum Gasteiger partial charge on any atom is -0.452 e. The predicted octanol–water partition coefficient (Wildman–Crippen LogP) is 6.15. The number of fused-ring (bicyclic) bond motifs is 1. The Morgan fingerprint density at radius 1 is 1.03 bits per heavy atom. The average Bonchev–Trinajstić information content (AvgIpc) is 3.08. The number of ketones is 1. The number of carbonyl (C=O) groups is 2. The van der Waals surface area contributed by atoms with E-state index in [4.69, 9.17) is 32.7 Å². The van der Waals surface area contributed by atoms with E-state index in [1.807, 2.05) is 12.1 Å². The molecule has 3 aromatic carbocycles. The van der Waals surface area contributed by atoms with Crippen molar-refractivity contribution in [2.24, 2.45) is 0 Å². The first-order chi connectivity index (χ1) is 14.5. The second-order valence-corrected chi connectivity index (χ2v) is 7.56. The van der Waals surface area contributed by atoms with Crippen molar-refractivity contribution in [3.63, 3.8) is 0 Å². The molecule has 0 saturated heterocycles. The third kappa shape index (κ3) is 3.84. The first-order valence-electron chi connectivity index (χ1n) is 9.19. The van der Waals surface area contributed by atoms with Crippen LogP contribution in [0, 0.1) is 6.92 Å². The summed E-state index contributed by atoms with van der Waals surface area (Å²) in [5, 5.41) is -0.435. The Balaban J connectivity index is 1.59. The molecule has 0 bridgehead atoms. The van der Waals surface area contributed by atoms with Crippen LogP contribution in [0.3, 0.4) is 0 Å². The fourth-order valence-electron chi connectivity index (χ4n) is 3.13. The molecule has 1 aliphatic rings. The van der Waals surface area contributed by atoms with Crippen LogP contribution < -0.4 is 9.47 Å². The zero-order valence-electron chi connectivity index (χ0n) is 15.9. The van der Waals surface area contributed by atoms with Crippen LogP contribution in [0.2, 0.25) is 5.02 Å². The number of halogens is 2. The predicted molar refractivity (Wildman–Crippen MR) is 116 cm³/mol. The van der Waals surface area contributed by atoms with Crippen LogP contribution in [0.1, 0.15) is 32.4 Å². The Labute approximate surface area is 183 Å². The maximum atomic E-state index is 12.7. The number of alkyl halides is 1. The van der Waals surface area contributed by atoms with Crippen molar-refractivity contribution in [3.8, 4) is 11.5 Å². The Morgan fingerprint density at radius 2 is 1.73 bits per heavy atom. The van der Waals surface area contributed by atoms with Gasteiger partial charge in [0, 0.05) is 10.6 Å². The maximum Gasteiger partial charge on any atom is 0.334 e. The fraction of sp³-hybridized carbons (Fsp3) is 0.0833. The van der Waals surface area contributed by atoms with Gasteiger partial charge in [0.2, 0.25) is 5.78 Å². The van der Waals surface area contributed by atoms with Gasteiger partial charge in [-0.3, -0.25) is 4.79 Å². The van der Waals surface area contributed by atoms with Gasteiger partial charge in [0.05, 0.1) is 5.56 Å². The van der Waals surface area contributed by atoms with E-state index >= 15 is 0 Å². The average molecular weight is 439 g/mol. The van der Waals surface area contributed by atoms with E-state index in [0.717, 1.165) is 0 Å². The third-order valence-electron chi connectivity index (χ3n) is 4.74. The highest BCUT2D eigenvalue weighted by Crippen LogP contribution is 2.40. The van der Waals surface area contributed by atoms with Gasteiger partial charge in [0.15, 0.2) is 11.1 Å². The highest BCUT2D eigenvalue weighted by Gasteiger charge is 2.31. The number of rotatable bonds is 4. The molecule has 0 spiro atoms. The molecule has 1 atom stereocenters. The molecule has 0 aromatic heterocycles. The van der Waals surface area contributed by atoms with Crippen molar-refractivity contribution in [2.75, 3.05) is 0 Å². The topological polar surface area (TPSA) is 52.6 Å². The molecule has 6 heteroatoms. The second kappa shape index (κ2) is 8.34. The Kier molecular flexibility index (Phi) is 5.62. The van der Waals surface area contributed by atoms with Gasteiger partial charge in [-0.15, -0.1) is 11.6 Å². The minimum atomic E-state index is -0.947. The standard InChI is InChI=1S/C24H16Cl2O4/c1-14-19(30-24(28)21(26)15-7-3-2-4-8-15)12-11-17-22(27)20(29-23(14)17)13-16-9-5-6-10-18(16)25/h2-13,21H,1H3/b20-13-. The van der Waals surface area contributed by atoms with Gasteiger partial charge in [-0.1, -0.05) is 60.1 Å². The number of esters is 1. The van der Waals surface area contributed by atoms with Crippen LogP contribution in [-0.2, 0) is 4.79 Å². The summed E-state index contributed by atoms with van der Waals surface area (Å²) in [6.45, 7) is 1.72. The minimum absolute atomic E-state index is 0.157. The molecule has 0 radical (unpaired) electrons. The Morgan fingerprint density at radius 3 is 2.47 bits per heavy atom. The number of benzene rings is 3. The molecule has 4 rings (SSSR count). The van der Waals surface area contributed by atoms with Gasteiger partial charge in [-0.25, -0.2) is 4.79 Å². The summed E-state index contributed by atoms with van der Waals surface area (Å²) in [5.74, 6) is -0.0711. The summed E-state index contributed by atoms with van der Waals surface area (Å²) in [4.78, 5) is 25.2. The van der Waals surface area contributed by atoms with Gasteiger partial charge >= 0.3 is 5.97 Å². The molecule has 3 aromatic rings. The van der Waals surface area contributed by atoms with Crippen molar-refractivity contribution >= 4 is 41.0 Å². The van der Waals surface area contributed by atoms with Crippen LogP contribution in [-0.4, -0.2) is 11.8 Å². The van der Waals surface area contributed by atoms with Crippen molar-refractivity contribution in [1.29, 1.82) is 0 Å². The summed E-state index contributed by atoms with van der Waals surface area (Å²) in [6.07, 6.45) is 1.60. The highest BCUT2D eigenvalue weighted by molar-refractivity contribution is 6.32. The van der Waals surface area contributed by atoms with Crippen molar-refractivity contribution < 1.29 is 19.1 Å². The zero-order chi connectivity index (χ0) is 21.3. The summed E-state index contributed by atoms with van der Waals surface area (Å²) >= 11 is 12.4. The molecule has 0 N–H and O–H groups in total. The monoisotopic (exact) mass is 438 g/mol. The quantitative estimate of drug-likeness (QED) is 0.212. The van der Waals surface area contributed by atoms with E-state index in [2.05, 4.69) is 0 Å². The molecular weight excluding hydrogens is 423 g/mol. The van der Waals surface area contributed by atoms with Crippen molar-refractivity contribution in [1.82, 2.24) is 0 Å². The van der Waals surface area contributed by atoms with Crippen molar-refractivity contribution in [2.45, 2.75) is 12.3 Å². The number of hydrogen-bond acceptors (Lipinski definition) is 4. The Bertz CT molecular complexity index is 1170. The molecule has 0 saturated carbocycles. The lowest BCUT2D eigenvalue weighted by Crippen LogP contribution is -2.15. The summed E-state index contributed by atoms with van der Waals surface area (Å²) in [6, 6.07) is 19.2. The zero-order valence-corrected chi connectivity index (χ0v) is 17.4. The second-order valence-electron chi connectivity index (χ2n) is 6.72. The van der Waals surface area contributed by atoms with Crippen LogP contribution >= 0.6 is 23.2 Å². The lowest BCUT2D eigenvalue weighted by Gasteiger charge is -2.13. The first kappa shape index (κ1) is 20.2. The van der Waals surface area contributed by atoms with E-state index in [1.165, 1.54) is 0 Å². The lowest BCUT2D eigenvalue weighted by atomic mass is 10.1. The van der Waals surface area contributed by atoms with Crippen LogP contribution in [0.4, 0.5) is 0 Å². The van der Waals surface area contributed by atoms with E-state index in [9.17, 15) is 9.59 Å². The molecule has 30 heavy (non-hydrogen) atoms. The fourth-order valence-corrected chi connectivity index (χ4v) is 3.51. The first-order valence-corrected chi connectivity index (χ1v) is 10.00. The number of allylic oxidation sites excluding steroid dienone is 1. The smallest absolute Gasteiger partial charge is 0.334 e. The van der Waals surface area contributed by atoms with E-state index in [0.29, 0.717) is 33.0 Å². The molecule has 1 heterocycles. The third-order valence-corrected chi connectivity index (χ3v) is 5.51. The summed E-state index contributed by atoms with van der Waals surface area (Å²) in [7, 11) is 0. The SMILES string of the molecule is Cc1c(OC(=O)C(Cl)c2ccccc2)ccc2c1O/C(=C\c1ccccc1Cl)C2=O. The molecule has 0 amide bonds. The summed E-state index contributed by atoms with van der Waals surface area (Å²) < 4.78 is 11.3. The van der Waals surface area contributed by atoms with E-state index < -0.39 is 11.3 Å². The van der Waals surface area contributed by atoms with Crippen LogP contribution in [0.5, 0.6) is 11.5 Å². The Hall–Kier alpha value is -3.08. The maximum absolute atomic E-state index is 12.7. The largest absolute Gasteiger partial charge is 0.452 e. The highest BCUT2D eigenvalue weighted by atomic mass is 35.5. The molecule has 1 unspecified atom stereocenters. The normalized spacial score (nSPS) is 14.9. The molecule has 0 aliphatic carbocycles. The summed E-state index contributed by atoms with van der Waals surface area (Å²) in [5.41, 5.74) is 2.25. The van der Waals surface area contributed by atoms with E-state index in [-0.39, 0.29) is 17.3 Å². The van der Waals surface area contributed by atoms with Gasteiger partial charge in [0.25, 0.3) is 0 Å². The number of ether oxygens (including phenoxy) is 2. The van der Waals surface area contributed by atoms with Crippen LogP contribution in [0.15, 0.2) is 72.5 Å². The number of Topliss-reactive ketones (excluding diaryl/α,β-unsaturated/α-hetero) is 1. The number of carbonyl (C=O) groups excluding carboxylic acids is 2. The molecular formula is C24H16Cl2O4. The van der Waals surface area contributed by atoms with Gasteiger partial charge in [0.1, 0.15) is 11.5 Å².